The molecule has 0 unspecified atom stereocenters. The van der Waals surface area contributed by atoms with Gasteiger partial charge in [-0.2, -0.15) is 5.26 Å². The number of hydrogen-bond donors (Lipinski definition) is 1. The Morgan fingerprint density at radius 3 is 2.65 bits per heavy atom. The van der Waals surface area contributed by atoms with Crippen molar-refractivity contribution in [3.63, 3.8) is 0 Å². The third kappa shape index (κ3) is 5.19. The van der Waals surface area contributed by atoms with E-state index in [1.165, 1.54) is 0 Å². The van der Waals surface area contributed by atoms with E-state index in [1.807, 2.05) is 35.9 Å². The number of aromatic nitrogens is 5. The van der Waals surface area contributed by atoms with Crippen molar-refractivity contribution in [2.75, 3.05) is 13.1 Å². The summed E-state index contributed by atoms with van der Waals surface area (Å²) in [7, 11) is 0. The average Bonchev–Trinajstić information content (AvgIpc) is 3.67. The number of carbonyl (C=O) groups is 1. The summed E-state index contributed by atoms with van der Waals surface area (Å²) in [5.41, 5.74) is 6.34. The van der Waals surface area contributed by atoms with Crippen LogP contribution in [0.1, 0.15) is 67.2 Å². The molecule has 2 bridgehead atoms. The van der Waals surface area contributed by atoms with E-state index in [9.17, 15) is 10.1 Å². The Labute approximate surface area is 321 Å². The second kappa shape index (κ2) is 12.9. The van der Waals surface area contributed by atoms with Crippen molar-refractivity contribution in [2.24, 2.45) is 11.8 Å². The lowest BCUT2D eigenvalue weighted by Gasteiger charge is -2.39. The van der Waals surface area contributed by atoms with Gasteiger partial charge in [-0.25, -0.2) is 14.1 Å². The Hall–Kier alpha value is -4.82. The van der Waals surface area contributed by atoms with Gasteiger partial charge in [0, 0.05) is 70.3 Å². The first-order chi connectivity index (χ1) is 26.3. The molecule has 272 valence electrons. The summed E-state index contributed by atoms with van der Waals surface area (Å²) in [5, 5.41) is 24.5. The van der Waals surface area contributed by atoms with E-state index in [0.717, 1.165) is 53.7 Å². The molecule has 11 rings (SSSR count). The number of nitriles is 1. The zero-order valence-electron chi connectivity index (χ0n) is 29.6. The summed E-state index contributed by atoms with van der Waals surface area (Å²) in [6, 6.07) is 21.9. The maximum absolute atomic E-state index is 17.3. The number of hydrogen-bond acceptors (Lipinski definition) is 6. The van der Waals surface area contributed by atoms with E-state index in [1.54, 1.807) is 24.4 Å². The second-order valence-electron chi connectivity index (χ2n) is 15.4. The van der Waals surface area contributed by atoms with Crippen LogP contribution in [0, 0.1) is 35.9 Å². The summed E-state index contributed by atoms with van der Waals surface area (Å²) in [6.07, 6.45) is 5.88. The predicted octanol–water partition coefficient (Wildman–Crippen LogP) is 8.78. The Kier molecular flexibility index (Phi) is 8.06. The van der Waals surface area contributed by atoms with Crippen LogP contribution in [0.4, 0.5) is 4.39 Å². The van der Waals surface area contributed by atoms with E-state index < -0.39 is 5.82 Å². The lowest BCUT2D eigenvalue weighted by Crippen LogP contribution is -2.41. The minimum absolute atomic E-state index is 0.0349. The third-order valence-corrected chi connectivity index (χ3v) is 13.1. The molecule has 3 saturated heterocycles. The van der Waals surface area contributed by atoms with Crippen LogP contribution >= 0.6 is 23.2 Å². The van der Waals surface area contributed by atoms with Gasteiger partial charge in [0.25, 0.3) is 0 Å². The zero-order chi connectivity index (χ0) is 36.8. The summed E-state index contributed by atoms with van der Waals surface area (Å²) in [4.78, 5) is 21.3. The van der Waals surface area contributed by atoms with Crippen LogP contribution in [-0.4, -0.2) is 54.5 Å². The SMILES string of the molecule is Cc1nc2c(F)c(-c3cccc(Cl)c3Cl)c(CCC#N)cc2c2c1cc([C@H]1C[C@H](n3nncc3-c3ccccc3)CN1C(=O)C1CC1)n2[C@H]1[C@H]2CN[C@@H]1C2. The fraction of sp³-hybridized carbons (Fsp3) is 0.357. The van der Waals surface area contributed by atoms with Crippen LogP contribution in [0.3, 0.4) is 0 Å². The molecule has 3 aliphatic heterocycles. The molecule has 0 radical (unpaired) electrons. The molecule has 54 heavy (non-hydrogen) atoms. The molecule has 1 N–H and O–H groups in total. The second-order valence-corrected chi connectivity index (χ2v) is 16.2. The van der Waals surface area contributed by atoms with Crippen LogP contribution in [0.15, 0.2) is 66.9 Å². The first-order valence-electron chi connectivity index (χ1n) is 18.8. The van der Waals surface area contributed by atoms with Crippen molar-refractivity contribution in [1.82, 2.24) is 34.8 Å². The number of benzene rings is 3. The Bertz CT molecular complexity index is 2530. The normalized spacial score (nSPS) is 23.3. The molecule has 0 spiro atoms. The van der Waals surface area contributed by atoms with E-state index in [-0.39, 0.29) is 53.0 Å². The van der Waals surface area contributed by atoms with Crippen LogP contribution in [0.5, 0.6) is 0 Å². The fourth-order valence-electron chi connectivity index (χ4n) is 9.51. The zero-order valence-corrected chi connectivity index (χ0v) is 31.2. The monoisotopic (exact) mass is 758 g/mol. The largest absolute Gasteiger partial charge is 0.337 e. The Morgan fingerprint density at radius 2 is 1.91 bits per heavy atom. The quantitative estimate of drug-likeness (QED) is 0.166. The van der Waals surface area contributed by atoms with Crippen LogP contribution in [-0.2, 0) is 11.2 Å². The number of pyridine rings is 1. The molecule has 9 nitrogen and oxygen atoms in total. The van der Waals surface area contributed by atoms with Crippen molar-refractivity contribution >= 4 is 50.9 Å². The molecular formula is C42H37Cl2FN8O. The van der Waals surface area contributed by atoms with E-state index >= 15 is 4.39 Å². The minimum Gasteiger partial charge on any atom is -0.337 e. The smallest absolute Gasteiger partial charge is 0.226 e. The minimum atomic E-state index is -0.482. The number of nitrogens with zero attached hydrogens (tertiary/aromatic N) is 7. The number of likely N-dealkylation sites (tertiary alicyclic amines) is 1. The predicted molar refractivity (Wildman–Crippen MR) is 207 cm³/mol. The third-order valence-electron chi connectivity index (χ3n) is 12.3. The average molecular weight is 760 g/mol. The molecule has 2 saturated carbocycles. The summed E-state index contributed by atoms with van der Waals surface area (Å²) in [5.74, 6) is 0.144. The number of rotatable bonds is 8. The highest BCUT2D eigenvalue weighted by Gasteiger charge is 2.51. The number of amides is 1. The summed E-state index contributed by atoms with van der Waals surface area (Å²) in [6.45, 7) is 3.37. The van der Waals surface area contributed by atoms with Crippen LogP contribution in [0.25, 0.3) is 44.2 Å². The fourth-order valence-corrected chi connectivity index (χ4v) is 9.90. The summed E-state index contributed by atoms with van der Waals surface area (Å²) < 4.78 is 21.7. The van der Waals surface area contributed by atoms with Gasteiger partial charge in [0.1, 0.15) is 5.52 Å². The lowest BCUT2D eigenvalue weighted by atomic mass is 9.79. The van der Waals surface area contributed by atoms with Crippen molar-refractivity contribution in [3.8, 4) is 28.5 Å². The van der Waals surface area contributed by atoms with Gasteiger partial charge in [0.2, 0.25) is 5.91 Å². The molecule has 1 amide bonds. The highest BCUT2D eigenvalue weighted by molar-refractivity contribution is 6.43. The van der Waals surface area contributed by atoms with Crippen molar-refractivity contribution in [1.29, 1.82) is 5.26 Å². The topological polar surface area (TPSA) is 105 Å². The molecule has 2 aliphatic carbocycles. The van der Waals surface area contributed by atoms with Gasteiger partial charge in [0.05, 0.1) is 51.6 Å². The molecular weight excluding hydrogens is 722 g/mol. The van der Waals surface area contributed by atoms with E-state index in [4.69, 9.17) is 28.2 Å². The van der Waals surface area contributed by atoms with Gasteiger partial charge in [-0.3, -0.25) is 4.79 Å². The molecule has 6 heterocycles. The van der Waals surface area contributed by atoms with E-state index in [2.05, 4.69) is 49.4 Å². The number of fused-ring (bicyclic) bond motifs is 4. The maximum Gasteiger partial charge on any atom is 0.226 e. The Balaban J connectivity index is 1.19. The van der Waals surface area contributed by atoms with Crippen LogP contribution in [0.2, 0.25) is 10.0 Å². The van der Waals surface area contributed by atoms with Gasteiger partial charge in [-0.05, 0) is 68.7 Å². The first kappa shape index (κ1) is 33.7. The van der Waals surface area contributed by atoms with E-state index in [0.29, 0.717) is 58.1 Å². The van der Waals surface area contributed by atoms with Crippen molar-refractivity contribution in [2.45, 2.75) is 69.6 Å². The highest BCUT2D eigenvalue weighted by atomic mass is 35.5. The summed E-state index contributed by atoms with van der Waals surface area (Å²) >= 11 is 13.2. The van der Waals surface area contributed by atoms with Crippen LogP contribution < -0.4 is 5.32 Å². The molecule has 6 aromatic rings. The van der Waals surface area contributed by atoms with Crippen molar-refractivity contribution < 1.29 is 9.18 Å². The van der Waals surface area contributed by atoms with Gasteiger partial charge < -0.3 is 14.8 Å². The molecule has 5 atom stereocenters. The number of nitrogens with one attached hydrogen (secondary N) is 1. The standard InChI is InChI=1S/C42H37Cl2FN8O/c1-22-29-18-34(33-17-27(21-51(33)42(54)24-12-13-24)53-35(20-48-50-53)23-7-3-2-4-8-23)52(40-26-16-32(40)47-19-26)41(29)30-15-25(9-6-14-46)36(38(45)39(30)49-22)28-10-5-11-31(43)37(28)44/h2-5,7-8,10-11,15,18,20,24,26-27,32-33,40,47H,6,9,12-13,16-17,19,21H2,1H3/t26-,27+,32-,33-,40+/m1/s1. The molecule has 5 aliphatic rings. The van der Waals surface area contributed by atoms with Crippen molar-refractivity contribution in [3.05, 3.63) is 99.7 Å². The Morgan fingerprint density at radius 1 is 1.07 bits per heavy atom. The maximum atomic E-state index is 17.3. The van der Waals surface area contributed by atoms with Gasteiger partial charge in [-0.15, -0.1) is 5.10 Å². The molecule has 5 fully saturated rings. The molecule has 3 aromatic heterocycles. The first-order valence-corrected chi connectivity index (χ1v) is 19.5. The lowest BCUT2D eigenvalue weighted by molar-refractivity contribution is -0.133. The highest BCUT2D eigenvalue weighted by Crippen LogP contribution is 2.52. The number of carbonyl (C=O) groups excluding carboxylic acids is 1. The van der Waals surface area contributed by atoms with Gasteiger partial charge in [0.15, 0.2) is 5.82 Å². The van der Waals surface area contributed by atoms with Gasteiger partial charge in [-0.1, -0.05) is 70.9 Å². The van der Waals surface area contributed by atoms with Gasteiger partial charge >= 0.3 is 0 Å². The number of aryl methyl sites for hydroxylation is 2. The number of halogens is 3. The molecule has 3 aromatic carbocycles. The molecule has 12 heteroatoms.